The van der Waals surface area contributed by atoms with Gasteiger partial charge in [0, 0.05) is 23.5 Å². The van der Waals surface area contributed by atoms with Crippen LogP contribution in [0.2, 0.25) is 0 Å². The standard InChI is InChI=1S/C16H15NO4/c1-11(18)12-5-6-15(20-2)14(8-12)10-21-16(19)13-4-3-7-17-9-13/h3-9H,10H2,1-2H3. The van der Waals surface area contributed by atoms with Gasteiger partial charge in [0.1, 0.15) is 12.4 Å². The Bertz CT molecular complexity index is 653. The summed E-state index contributed by atoms with van der Waals surface area (Å²) >= 11 is 0. The fourth-order valence-corrected chi connectivity index (χ4v) is 1.82. The monoisotopic (exact) mass is 285 g/mol. The number of carbonyl (C=O) groups is 2. The number of benzene rings is 1. The Kier molecular flexibility index (Phi) is 4.66. The number of ether oxygens (including phenoxy) is 2. The largest absolute Gasteiger partial charge is 0.496 e. The van der Waals surface area contributed by atoms with Gasteiger partial charge in [0.05, 0.1) is 12.7 Å². The molecule has 5 heteroatoms. The van der Waals surface area contributed by atoms with E-state index in [-0.39, 0.29) is 12.4 Å². The Labute approximate surface area is 122 Å². The second-order valence-electron chi connectivity index (χ2n) is 4.40. The summed E-state index contributed by atoms with van der Waals surface area (Å²) in [4.78, 5) is 27.1. The molecule has 0 aliphatic carbocycles. The van der Waals surface area contributed by atoms with E-state index in [1.54, 1.807) is 36.5 Å². The Morgan fingerprint density at radius 3 is 2.62 bits per heavy atom. The molecule has 108 valence electrons. The highest BCUT2D eigenvalue weighted by Gasteiger charge is 2.11. The summed E-state index contributed by atoms with van der Waals surface area (Å²) in [7, 11) is 1.52. The lowest BCUT2D eigenvalue weighted by Gasteiger charge is -2.10. The molecule has 0 unspecified atom stereocenters. The van der Waals surface area contributed by atoms with Gasteiger partial charge in [0.2, 0.25) is 0 Å². The Hall–Kier alpha value is -2.69. The number of methoxy groups -OCH3 is 1. The highest BCUT2D eigenvalue weighted by Crippen LogP contribution is 2.21. The van der Waals surface area contributed by atoms with Crippen LogP contribution in [0.15, 0.2) is 42.7 Å². The maximum Gasteiger partial charge on any atom is 0.340 e. The molecule has 2 rings (SSSR count). The number of aromatic nitrogens is 1. The number of nitrogens with zero attached hydrogens (tertiary/aromatic N) is 1. The molecule has 0 radical (unpaired) electrons. The number of hydrogen-bond acceptors (Lipinski definition) is 5. The van der Waals surface area contributed by atoms with Crippen molar-refractivity contribution in [3.8, 4) is 5.75 Å². The van der Waals surface area contributed by atoms with Crippen LogP contribution >= 0.6 is 0 Å². The van der Waals surface area contributed by atoms with E-state index in [1.807, 2.05) is 0 Å². The molecule has 1 aromatic heterocycles. The summed E-state index contributed by atoms with van der Waals surface area (Å²) in [6.07, 6.45) is 3.02. The van der Waals surface area contributed by atoms with Gasteiger partial charge in [-0.1, -0.05) is 0 Å². The van der Waals surface area contributed by atoms with E-state index < -0.39 is 5.97 Å². The summed E-state index contributed by atoms with van der Waals surface area (Å²) < 4.78 is 10.4. The molecule has 0 N–H and O–H groups in total. The second-order valence-corrected chi connectivity index (χ2v) is 4.40. The Balaban J connectivity index is 2.13. The van der Waals surface area contributed by atoms with Crippen molar-refractivity contribution in [2.24, 2.45) is 0 Å². The molecule has 0 aliphatic rings. The Morgan fingerprint density at radius 2 is 2.00 bits per heavy atom. The van der Waals surface area contributed by atoms with Crippen LogP contribution in [-0.4, -0.2) is 23.8 Å². The van der Waals surface area contributed by atoms with Crippen molar-refractivity contribution < 1.29 is 19.1 Å². The molecule has 5 nitrogen and oxygen atoms in total. The summed E-state index contributed by atoms with van der Waals surface area (Å²) in [6.45, 7) is 1.51. The third-order valence-corrected chi connectivity index (χ3v) is 2.94. The summed E-state index contributed by atoms with van der Waals surface area (Å²) in [5.41, 5.74) is 1.56. The second kappa shape index (κ2) is 6.65. The number of esters is 1. The van der Waals surface area contributed by atoms with Gasteiger partial charge in [0.15, 0.2) is 5.78 Å². The minimum atomic E-state index is -0.474. The van der Waals surface area contributed by atoms with E-state index in [2.05, 4.69) is 4.98 Å². The minimum absolute atomic E-state index is 0.0258. The molecule has 0 atom stereocenters. The van der Waals surface area contributed by atoms with Gasteiger partial charge >= 0.3 is 5.97 Å². The lowest BCUT2D eigenvalue weighted by Crippen LogP contribution is -2.07. The van der Waals surface area contributed by atoms with Crippen LogP contribution in [0.3, 0.4) is 0 Å². The molecule has 0 bridgehead atoms. The third-order valence-electron chi connectivity index (χ3n) is 2.94. The summed E-state index contributed by atoms with van der Waals surface area (Å²) in [5.74, 6) is 0.0369. The first-order chi connectivity index (χ1) is 10.1. The number of rotatable bonds is 5. The number of Topliss-reactive ketones (excluding diaryl/α,β-unsaturated/α-hetero) is 1. The fraction of sp³-hybridized carbons (Fsp3) is 0.188. The molecule has 0 aliphatic heterocycles. The van der Waals surface area contributed by atoms with Gasteiger partial charge in [-0.15, -0.1) is 0 Å². The molecule has 2 aromatic rings. The van der Waals surface area contributed by atoms with Gasteiger partial charge in [0.25, 0.3) is 0 Å². The van der Waals surface area contributed by atoms with Gasteiger partial charge in [-0.05, 0) is 37.3 Å². The molecule has 21 heavy (non-hydrogen) atoms. The van der Waals surface area contributed by atoms with E-state index in [0.717, 1.165) is 0 Å². The molecule has 0 amide bonds. The van der Waals surface area contributed by atoms with Crippen molar-refractivity contribution in [2.75, 3.05) is 7.11 Å². The minimum Gasteiger partial charge on any atom is -0.496 e. The van der Waals surface area contributed by atoms with Crippen LogP contribution in [-0.2, 0) is 11.3 Å². The average Bonchev–Trinajstić information content (AvgIpc) is 2.53. The van der Waals surface area contributed by atoms with Crippen molar-refractivity contribution in [2.45, 2.75) is 13.5 Å². The van der Waals surface area contributed by atoms with Crippen molar-refractivity contribution in [3.05, 3.63) is 59.4 Å². The first kappa shape index (κ1) is 14.7. The molecule has 0 saturated heterocycles. The zero-order valence-corrected chi connectivity index (χ0v) is 11.8. The first-order valence-corrected chi connectivity index (χ1v) is 6.37. The van der Waals surface area contributed by atoms with E-state index in [1.165, 1.54) is 20.2 Å². The third kappa shape index (κ3) is 3.66. The zero-order valence-electron chi connectivity index (χ0n) is 11.8. The van der Waals surface area contributed by atoms with Gasteiger partial charge in [-0.3, -0.25) is 9.78 Å². The lowest BCUT2D eigenvalue weighted by atomic mass is 10.1. The molecule has 0 fully saturated rings. The average molecular weight is 285 g/mol. The summed E-state index contributed by atoms with van der Waals surface area (Å²) in [6, 6.07) is 8.31. The number of carbonyl (C=O) groups excluding carboxylic acids is 2. The molecule has 1 aromatic carbocycles. The summed E-state index contributed by atoms with van der Waals surface area (Å²) in [5, 5.41) is 0. The topological polar surface area (TPSA) is 65.5 Å². The van der Waals surface area contributed by atoms with E-state index in [0.29, 0.717) is 22.4 Å². The number of hydrogen-bond donors (Lipinski definition) is 0. The SMILES string of the molecule is COc1ccc(C(C)=O)cc1COC(=O)c1cccnc1. The maximum absolute atomic E-state index is 11.9. The van der Waals surface area contributed by atoms with E-state index in [4.69, 9.17) is 9.47 Å². The van der Waals surface area contributed by atoms with Crippen LogP contribution in [0.5, 0.6) is 5.75 Å². The van der Waals surface area contributed by atoms with Crippen molar-refractivity contribution in [1.82, 2.24) is 4.98 Å². The van der Waals surface area contributed by atoms with Crippen LogP contribution in [0.25, 0.3) is 0 Å². The van der Waals surface area contributed by atoms with Crippen molar-refractivity contribution >= 4 is 11.8 Å². The Morgan fingerprint density at radius 1 is 1.19 bits per heavy atom. The quantitative estimate of drug-likeness (QED) is 0.624. The molecule has 1 heterocycles. The highest BCUT2D eigenvalue weighted by atomic mass is 16.5. The van der Waals surface area contributed by atoms with Crippen molar-refractivity contribution in [3.63, 3.8) is 0 Å². The molecule has 0 spiro atoms. The lowest BCUT2D eigenvalue weighted by molar-refractivity contribution is 0.0469. The predicted molar refractivity (Wildman–Crippen MR) is 76.4 cm³/mol. The van der Waals surface area contributed by atoms with Gasteiger partial charge < -0.3 is 9.47 Å². The van der Waals surface area contributed by atoms with Crippen LogP contribution in [0.4, 0.5) is 0 Å². The first-order valence-electron chi connectivity index (χ1n) is 6.37. The molecular formula is C16H15NO4. The zero-order chi connectivity index (χ0) is 15.2. The van der Waals surface area contributed by atoms with Crippen LogP contribution in [0.1, 0.15) is 33.2 Å². The maximum atomic E-state index is 11.9. The van der Waals surface area contributed by atoms with Crippen molar-refractivity contribution in [1.29, 1.82) is 0 Å². The fourth-order valence-electron chi connectivity index (χ4n) is 1.82. The van der Waals surface area contributed by atoms with Gasteiger partial charge in [-0.2, -0.15) is 0 Å². The van der Waals surface area contributed by atoms with E-state index >= 15 is 0 Å². The predicted octanol–water partition coefficient (Wildman–Crippen LogP) is 2.65. The van der Waals surface area contributed by atoms with Crippen LogP contribution in [0, 0.1) is 0 Å². The smallest absolute Gasteiger partial charge is 0.340 e. The van der Waals surface area contributed by atoms with Gasteiger partial charge in [-0.25, -0.2) is 4.79 Å². The number of pyridine rings is 1. The van der Waals surface area contributed by atoms with Crippen LogP contribution < -0.4 is 4.74 Å². The molecular weight excluding hydrogens is 270 g/mol. The number of ketones is 1. The van der Waals surface area contributed by atoms with E-state index in [9.17, 15) is 9.59 Å². The normalized spacial score (nSPS) is 10.0. The highest BCUT2D eigenvalue weighted by molar-refractivity contribution is 5.94. The molecule has 0 saturated carbocycles.